The monoisotopic (exact) mass is 498 g/mol. The predicted molar refractivity (Wildman–Crippen MR) is 114 cm³/mol. The van der Waals surface area contributed by atoms with E-state index in [1.54, 1.807) is 0 Å². The van der Waals surface area contributed by atoms with Crippen LogP contribution in [0.5, 0.6) is 0 Å². The number of rotatable bonds is 9. The maximum absolute atomic E-state index is 12.7. The van der Waals surface area contributed by atoms with Gasteiger partial charge in [-0.25, -0.2) is 4.79 Å². The number of carboxylic acids is 1. The summed E-state index contributed by atoms with van der Waals surface area (Å²) in [5.41, 5.74) is 5.10. The molecule has 0 aliphatic carbocycles. The lowest BCUT2D eigenvalue weighted by atomic mass is 10.0. The van der Waals surface area contributed by atoms with Crippen molar-refractivity contribution >= 4 is 63.7 Å². The smallest absolute Gasteiger partial charge is 0.352 e. The fourth-order valence-corrected chi connectivity index (χ4v) is 4.79. The number of ether oxygens (including phenoxy) is 1. The van der Waals surface area contributed by atoms with Crippen molar-refractivity contribution in [1.82, 2.24) is 19.6 Å². The number of fused-ring (bicyclic) bond motifs is 1. The number of carbonyl (C=O) groups excluding carboxylic acids is 4. The third-order valence-electron chi connectivity index (χ3n) is 4.39. The van der Waals surface area contributed by atoms with Crippen LogP contribution in [0.15, 0.2) is 16.4 Å². The van der Waals surface area contributed by atoms with E-state index < -0.39 is 47.4 Å². The quantitative estimate of drug-likeness (QED) is 0.120. The van der Waals surface area contributed by atoms with Crippen LogP contribution < -0.4 is 11.1 Å². The minimum absolute atomic E-state index is 0.0856. The first-order valence-electron chi connectivity index (χ1n) is 9.20. The van der Waals surface area contributed by atoms with Crippen molar-refractivity contribution in [2.24, 2.45) is 5.16 Å². The molecular formula is C17H18N6O8S2. The van der Waals surface area contributed by atoms with E-state index in [9.17, 15) is 29.1 Å². The highest BCUT2D eigenvalue weighted by molar-refractivity contribution is 8.00. The second-order valence-electron chi connectivity index (χ2n) is 6.74. The number of nitrogens with two attached hydrogens (primary N) is 1. The number of amides is 2. The van der Waals surface area contributed by atoms with Gasteiger partial charge in [0.2, 0.25) is 11.5 Å². The summed E-state index contributed by atoms with van der Waals surface area (Å²) in [6, 6.07) is -1.04. The molecule has 1 aromatic rings. The second-order valence-corrected chi connectivity index (χ2v) is 8.62. The van der Waals surface area contributed by atoms with Gasteiger partial charge in [0.05, 0.1) is 0 Å². The zero-order valence-electron chi connectivity index (χ0n) is 17.3. The number of oxime groups is 1. The molecule has 2 atom stereocenters. The Bertz CT molecular complexity index is 1080. The number of hydrogen-bond donors (Lipinski definition) is 3. The third-order valence-corrected chi connectivity index (χ3v) is 6.27. The molecule has 0 aromatic carbocycles. The zero-order valence-corrected chi connectivity index (χ0v) is 18.9. The summed E-state index contributed by atoms with van der Waals surface area (Å²) in [5.74, 6) is -4.02. The van der Waals surface area contributed by atoms with Crippen LogP contribution in [-0.2, 0) is 33.5 Å². The lowest BCUT2D eigenvalue weighted by Crippen LogP contribution is -2.71. The number of carbonyl (C=O) groups is 5. The van der Waals surface area contributed by atoms with Gasteiger partial charge in [-0.2, -0.15) is 9.36 Å². The number of hydrogen-bond acceptors (Lipinski definition) is 13. The maximum atomic E-state index is 12.7. The van der Waals surface area contributed by atoms with Crippen LogP contribution >= 0.6 is 23.3 Å². The number of Topliss-reactive ketones (excluding diaryl/α,β-unsaturated/α-hetero) is 1. The van der Waals surface area contributed by atoms with Crippen LogP contribution in [0, 0.1) is 0 Å². The highest BCUT2D eigenvalue weighted by Gasteiger charge is 2.54. The van der Waals surface area contributed by atoms with Gasteiger partial charge in [0, 0.05) is 22.9 Å². The molecular weight excluding hydrogens is 480 g/mol. The predicted octanol–water partition coefficient (Wildman–Crippen LogP) is -1.27. The number of anilines is 1. The summed E-state index contributed by atoms with van der Waals surface area (Å²) in [4.78, 5) is 69.4. The molecule has 0 saturated carbocycles. The molecule has 14 nitrogen and oxygen atoms in total. The molecule has 1 saturated heterocycles. The largest absolute Gasteiger partial charge is 0.477 e. The van der Waals surface area contributed by atoms with Gasteiger partial charge in [0.15, 0.2) is 5.13 Å². The van der Waals surface area contributed by atoms with Crippen LogP contribution in [0.3, 0.4) is 0 Å². The van der Waals surface area contributed by atoms with E-state index in [2.05, 4.69) is 24.7 Å². The number of aromatic nitrogens is 2. The van der Waals surface area contributed by atoms with E-state index in [1.165, 1.54) is 25.8 Å². The molecule has 2 amide bonds. The van der Waals surface area contributed by atoms with Crippen LogP contribution in [0.1, 0.15) is 19.2 Å². The van der Waals surface area contributed by atoms with E-state index in [1.807, 2.05) is 0 Å². The van der Waals surface area contributed by atoms with Crippen molar-refractivity contribution in [3.05, 3.63) is 17.1 Å². The molecule has 16 heteroatoms. The van der Waals surface area contributed by atoms with Gasteiger partial charge in [-0.1, -0.05) is 5.16 Å². The maximum Gasteiger partial charge on any atom is 0.352 e. The van der Waals surface area contributed by atoms with E-state index in [4.69, 9.17) is 10.5 Å². The number of nitrogens with one attached hydrogen (secondary N) is 1. The first kappa shape index (κ1) is 24.1. The molecule has 1 fully saturated rings. The Morgan fingerprint density at radius 1 is 1.36 bits per heavy atom. The fraction of sp³-hybridized carbons (Fsp3) is 0.412. The molecule has 0 radical (unpaired) electrons. The average molecular weight is 498 g/mol. The van der Waals surface area contributed by atoms with Crippen LogP contribution in [0.25, 0.3) is 0 Å². The lowest BCUT2D eigenvalue weighted by Gasteiger charge is -2.49. The summed E-state index contributed by atoms with van der Waals surface area (Å²) in [6.07, 6.45) is -0.437. The van der Waals surface area contributed by atoms with E-state index in [0.717, 1.165) is 16.4 Å². The molecule has 3 heterocycles. The van der Waals surface area contributed by atoms with Crippen molar-refractivity contribution in [1.29, 1.82) is 0 Å². The highest BCUT2D eigenvalue weighted by Crippen LogP contribution is 2.40. The summed E-state index contributed by atoms with van der Waals surface area (Å²) in [6.45, 7) is 0.843. The van der Waals surface area contributed by atoms with Crippen molar-refractivity contribution < 1.29 is 38.7 Å². The first-order chi connectivity index (χ1) is 15.6. The molecule has 1 unspecified atom stereocenters. The number of esters is 1. The number of aliphatic carboxylic acids is 1. The molecule has 1 aromatic heterocycles. The van der Waals surface area contributed by atoms with Crippen LogP contribution in [0.4, 0.5) is 5.13 Å². The molecule has 0 spiro atoms. The topological polar surface area (TPSA) is 203 Å². The summed E-state index contributed by atoms with van der Waals surface area (Å²) < 4.78 is 8.85. The molecule has 33 heavy (non-hydrogen) atoms. The van der Waals surface area contributed by atoms with Gasteiger partial charge < -0.3 is 25.7 Å². The third kappa shape index (κ3) is 5.11. The first-order valence-corrected chi connectivity index (χ1v) is 11.0. The van der Waals surface area contributed by atoms with E-state index in [-0.39, 0.29) is 40.3 Å². The summed E-state index contributed by atoms with van der Waals surface area (Å²) >= 11 is 2.02. The van der Waals surface area contributed by atoms with Crippen molar-refractivity contribution in [2.45, 2.75) is 24.8 Å². The fourth-order valence-electron chi connectivity index (χ4n) is 3.03. The van der Waals surface area contributed by atoms with Gasteiger partial charge >= 0.3 is 11.9 Å². The van der Waals surface area contributed by atoms with E-state index in [0.29, 0.717) is 0 Å². The number of ketones is 1. The minimum atomic E-state index is -1.39. The molecule has 3 rings (SSSR count). The number of nitrogen functional groups attached to an aromatic ring is 1. The lowest BCUT2D eigenvalue weighted by molar-refractivity contribution is -0.150. The number of nitrogens with zero attached hydrogens (tertiary/aromatic N) is 4. The van der Waals surface area contributed by atoms with Crippen molar-refractivity contribution in [3.8, 4) is 0 Å². The highest BCUT2D eigenvalue weighted by atomic mass is 32.2. The van der Waals surface area contributed by atoms with Gasteiger partial charge in [0.1, 0.15) is 43.0 Å². The normalized spacial score (nSPS) is 20.0. The molecule has 2 aliphatic rings. The zero-order chi connectivity index (χ0) is 24.3. The molecule has 2 aliphatic heterocycles. The second kappa shape index (κ2) is 9.95. The standard InChI is InChI=1S/C17H18N6O8S2/c1-6(24)3-8(25)31-4-7-5-32-15-10(14(27)23(15)11(7)16(28)29)19-13(26)9(21-30-2)12-20-17(18)33-22-12/h10,15H,3-5H2,1-2H3,(H,19,26)(H,28,29)(H2,18,20,22)/b21-9+/t10?,15-/m1/s1. The van der Waals surface area contributed by atoms with Crippen LogP contribution in [-0.4, -0.2) is 85.5 Å². The van der Waals surface area contributed by atoms with Crippen molar-refractivity contribution in [2.75, 3.05) is 25.2 Å². The van der Waals surface area contributed by atoms with Gasteiger partial charge in [-0.05, 0) is 6.92 Å². The minimum Gasteiger partial charge on any atom is -0.477 e. The molecule has 0 bridgehead atoms. The molecule has 4 N–H and O–H groups in total. The average Bonchev–Trinajstić information content (AvgIpc) is 3.18. The number of thioether (sulfide) groups is 1. The summed E-state index contributed by atoms with van der Waals surface area (Å²) in [5, 5.41) is 15.1. The van der Waals surface area contributed by atoms with Crippen LogP contribution in [0.2, 0.25) is 0 Å². The van der Waals surface area contributed by atoms with Crippen molar-refractivity contribution in [3.63, 3.8) is 0 Å². The Balaban J connectivity index is 1.73. The SMILES string of the molecule is CO/N=C(/C(=O)NC1C(=O)N2C(C(=O)O)=C(COC(=O)CC(C)=O)CS[C@H]12)c1nsc(N)n1. The Morgan fingerprint density at radius 2 is 2.09 bits per heavy atom. The number of β-lactam (4-membered cyclic amide) rings is 1. The molecule has 176 valence electrons. The summed E-state index contributed by atoms with van der Waals surface area (Å²) in [7, 11) is 1.21. The van der Waals surface area contributed by atoms with Gasteiger partial charge in [-0.15, -0.1) is 11.8 Å². The van der Waals surface area contributed by atoms with Gasteiger partial charge in [0.25, 0.3) is 11.8 Å². The Morgan fingerprint density at radius 3 is 2.67 bits per heavy atom. The Kier molecular flexibility index (Phi) is 7.27. The number of carboxylic acid groups (broad SMARTS) is 1. The van der Waals surface area contributed by atoms with Gasteiger partial charge in [-0.3, -0.25) is 24.1 Å². The Hall–Kier alpha value is -3.53. The van der Waals surface area contributed by atoms with E-state index >= 15 is 0 Å². The Labute approximate surface area is 194 Å².